The molecule has 1 aliphatic heterocycles. The maximum atomic E-state index is 13.3. The highest BCUT2D eigenvalue weighted by atomic mass is 35.5. The van der Waals surface area contributed by atoms with Crippen LogP contribution in [-0.2, 0) is 15.0 Å². The molecule has 24 heavy (non-hydrogen) atoms. The van der Waals surface area contributed by atoms with E-state index in [0.717, 1.165) is 31.2 Å². The Morgan fingerprint density at radius 1 is 1.12 bits per heavy atom. The van der Waals surface area contributed by atoms with Gasteiger partial charge in [0.15, 0.2) is 0 Å². The predicted molar refractivity (Wildman–Crippen MR) is 93.8 cm³/mol. The Kier molecular flexibility index (Phi) is 5.11. The first-order chi connectivity index (χ1) is 11.5. The van der Waals surface area contributed by atoms with E-state index in [-0.39, 0.29) is 18.4 Å². The molecule has 0 aromatic heterocycles. The fourth-order valence-corrected chi connectivity index (χ4v) is 4.21. The van der Waals surface area contributed by atoms with Crippen LogP contribution in [0.25, 0.3) is 0 Å². The molecule has 2 aliphatic rings. The van der Waals surface area contributed by atoms with Crippen molar-refractivity contribution < 1.29 is 9.59 Å². The van der Waals surface area contributed by atoms with Crippen molar-refractivity contribution in [3.05, 3.63) is 34.9 Å². The minimum atomic E-state index is -0.434. The van der Waals surface area contributed by atoms with E-state index in [0.29, 0.717) is 31.2 Å². The predicted octanol–water partition coefficient (Wildman–Crippen LogP) is 1.78. The summed E-state index contributed by atoms with van der Waals surface area (Å²) in [5, 5.41) is 0.679. The lowest BCUT2D eigenvalue weighted by atomic mass is 9.77. The highest BCUT2D eigenvalue weighted by Crippen LogP contribution is 2.43. The average Bonchev–Trinajstić information content (AvgIpc) is 3.05. The monoisotopic (exact) mass is 349 g/mol. The Hall–Kier alpha value is -1.59. The van der Waals surface area contributed by atoms with Gasteiger partial charge in [0, 0.05) is 31.2 Å². The molecule has 1 saturated carbocycles. The van der Waals surface area contributed by atoms with Crippen LogP contribution < -0.4 is 5.73 Å². The molecule has 130 valence electrons. The molecule has 2 amide bonds. The summed E-state index contributed by atoms with van der Waals surface area (Å²) >= 11 is 6.17. The highest BCUT2D eigenvalue weighted by Gasteiger charge is 2.45. The molecule has 0 unspecified atom stereocenters. The van der Waals surface area contributed by atoms with E-state index in [1.807, 2.05) is 34.1 Å². The number of nitrogens with two attached hydrogens (primary N) is 1. The number of carbonyl (C=O) groups excluding carboxylic acids is 2. The first kappa shape index (κ1) is 17.2. The van der Waals surface area contributed by atoms with E-state index in [1.165, 1.54) is 0 Å². The second-order valence-corrected chi connectivity index (χ2v) is 7.27. The summed E-state index contributed by atoms with van der Waals surface area (Å²) in [6.07, 6.45) is 3.90. The summed E-state index contributed by atoms with van der Waals surface area (Å²) in [5.74, 6) is -0.109. The molecule has 0 atom stereocenters. The molecule has 1 aliphatic carbocycles. The van der Waals surface area contributed by atoms with Crippen molar-refractivity contribution in [2.24, 2.45) is 5.73 Å². The molecule has 5 nitrogen and oxygen atoms in total. The topological polar surface area (TPSA) is 66.6 Å². The number of carbonyl (C=O) groups is 2. The smallest absolute Gasteiger partial charge is 0.233 e. The number of benzene rings is 1. The summed E-state index contributed by atoms with van der Waals surface area (Å²) < 4.78 is 0. The molecular weight excluding hydrogens is 326 g/mol. The van der Waals surface area contributed by atoms with Crippen LogP contribution in [-0.4, -0.2) is 54.3 Å². The molecule has 3 rings (SSSR count). The molecule has 6 heteroatoms. The van der Waals surface area contributed by atoms with Gasteiger partial charge < -0.3 is 10.6 Å². The van der Waals surface area contributed by atoms with Gasteiger partial charge in [0.2, 0.25) is 11.8 Å². The zero-order valence-electron chi connectivity index (χ0n) is 13.8. The summed E-state index contributed by atoms with van der Waals surface area (Å²) in [7, 11) is 0. The Morgan fingerprint density at radius 2 is 1.79 bits per heavy atom. The molecule has 0 radical (unpaired) electrons. The first-order valence-corrected chi connectivity index (χ1v) is 8.95. The SMILES string of the molecule is NC(=O)CN1CCN(C(=O)C2(c3cccc(Cl)c3)CCCC2)CC1. The quantitative estimate of drug-likeness (QED) is 0.901. The van der Waals surface area contributed by atoms with Crippen molar-refractivity contribution in [3.8, 4) is 0 Å². The van der Waals surface area contributed by atoms with Gasteiger partial charge in [-0.05, 0) is 30.5 Å². The van der Waals surface area contributed by atoms with E-state index < -0.39 is 5.41 Å². The standard InChI is InChI=1S/C18H24ClN3O2/c19-15-5-3-4-14(12-15)18(6-1-2-7-18)17(24)22-10-8-21(9-11-22)13-16(20)23/h3-5,12H,1-2,6-11,13H2,(H2,20,23). The molecular formula is C18H24ClN3O2. The lowest BCUT2D eigenvalue weighted by Gasteiger charge is -2.39. The van der Waals surface area contributed by atoms with Gasteiger partial charge in [-0.3, -0.25) is 14.5 Å². The molecule has 1 aromatic rings. The number of primary amides is 1. The van der Waals surface area contributed by atoms with E-state index in [1.54, 1.807) is 0 Å². The number of nitrogens with zero attached hydrogens (tertiary/aromatic N) is 2. The zero-order valence-corrected chi connectivity index (χ0v) is 14.6. The van der Waals surface area contributed by atoms with Crippen LogP contribution in [0.2, 0.25) is 5.02 Å². The van der Waals surface area contributed by atoms with Crippen LogP contribution in [0.4, 0.5) is 0 Å². The third kappa shape index (κ3) is 3.42. The third-order valence-electron chi connectivity index (χ3n) is 5.28. The molecule has 0 spiro atoms. The molecule has 1 aromatic carbocycles. The average molecular weight is 350 g/mol. The maximum Gasteiger partial charge on any atom is 0.233 e. The van der Waals surface area contributed by atoms with Crippen LogP contribution in [0.15, 0.2) is 24.3 Å². The van der Waals surface area contributed by atoms with Crippen molar-refractivity contribution in [1.29, 1.82) is 0 Å². The van der Waals surface area contributed by atoms with Gasteiger partial charge in [-0.2, -0.15) is 0 Å². The van der Waals surface area contributed by atoms with Crippen molar-refractivity contribution >= 4 is 23.4 Å². The van der Waals surface area contributed by atoms with E-state index in [4.69, 9.17) is 17.3 Å². The fourth-order valence-electron chi connectivity index (χ4n) is 4.02. The summed E-state index contributed by atoms with van der Waals surface area (Å²) in [6, 6.07) is 7.74. The number of hydrogen-bond acceptors (Lipinski definition) is 3. The van der Waals surface area contributed by atoms with Crippen molar-refractivity contribution in [1.82, 2.24) is 9.80 Å². The Morgan fingerprint density at radius 3 is 2.38 bits per heavy atom. The Balaban J connectivity index is 1.75. The molecule has 2 N–H and O–H groups in total. The number of piperazine rings is 1. The number of halogens is 1. The molecule has 0 bridgehead atoms. The minimum absolute atomic E-state index is 0.209. The van der Waals surface area contributed by atoms with Gasteiger partial charge in [-0.25, -0.2) is 0 Å². The van der Waals surface area contributed by atoms with Crippen LogP contribution in [0, 0.1) is 0 Å². The van der Waals surface area contributed by atoms with E-state index in [2.05, 4.69) is 0 Å². The summed E-state index contributed by atoms with van der Waals surface area (Å²) in [5.41, 5.74) is 5.86. The lowest BCUT2D eigenvalue weighted by Crippen LogP contribution is -2.55. The number of amides is 2. The van der Waals surface area contributed by atoms with E-state index >= 15 is 0 Å². The number of rotatable bonds is 4. The van der Waals surface area contributed by atoms with Gasteiger partial charge in [-0.15, -0.1) is 0 Å². The van der Waals surface area contributed by atoms with Crippen molar-refractivity contribution in [2.75, 3.05) is 32.7 Å². The van der Waals surface area contributed by atoms with Crippen LogP contribution >= 0.6 is 11.6 Å². The van der Waals surface area contributed by atoms with Crippen molar-refractivity contribution in [2.45, 2.75) is 31.1 Å². The second-order valence-electron chi connectivity index (χ2n) is 6.83. The first-order valence-electron chi connectivity index (χ1n) is 8.57. The molecule has 2 fully saturated rings. The summed E-state index contributed by atoms with van der Waals surface area (Å²) in [6.45, 7) is 2.95. The van der Waals surface area contributed by atoms with Gasteiger partial charge in [0.1, 0.15) is 0 Å². The van der Waals surface area contributed by atoms with Gasteiger partial charge in [0.05, 0.1) is 12.0 Å². The maximum absolute atomic E-state index is 13.3. The highest BCUT2D eigenvalue weighted by molar-refractivity contribution is 6.30. The molecule has 1 saturated heterocycles. The van der Waals surface area contributed by atoms with Crippen LogP contribution in [0.1, 0.15) is 31.2 Å². The van der Waals surface area contributed by atoms with Gasteiger partial charge in [0.25, 0.3) is 0 Å². The number of hydrogen-bond donors (Lipinski definition) is 1. The minimum Gasteiger partial charge on any atom is -0.369 e. The van der Waals surface area contributed by atoms with E-state index in [9.17, 15) is 9.59 Å². The fraction of sp³-hybridized carbons (Fsp3) is 0.556. The summed E-state index contributed by atoms with van der Waals surface area (Å²) in [4.78, 5) is 28.3. The van der Waals surface area contributed by atoms with Crippen molar-refractivity contribution in [3.63, 3.8) is 0 Å². The lowest BCUT2D eigenvalue weighted by molar-refractivity contribution is -0.139. The van der Waals surface area contributed by atoms with Gasteiger partial charge in [-0.1, -0.05) is 36.6 Å². The van der Waals surface area contributed by atoms with Crippen LogP contribution in [0.5, 0.6) is 0 Å². The Labute approximate surface area is 147 Å². The third-order valence-corrected chi connectivity index (χ3v) is 5.52. The van der Waals surface area contributed by atoms with Crippen LogP contribution in [0.3, 0.4) is 0 Å². The largest absolute Gasteiger partial charge is 0.369 e. The molecule has 1 heterocycles. The normalized spacial score (nSPS) is 21.0. The van der Waals surface area contributed by atoms with Gasteiger partial charge >= 0.3 is 0 Å². The zero-order chi connectivity index (χ0) is 17.2. The second kappa shape index (κ2) is 7.11. The Bertz CT molecular complexity index is 620.